The summed E-state index contributed by atoms with van der Waals surface area (Å²) in [5, 5.41) is 23.8. The number of hydrogen-bond donors (Lipinski definition) is 1. The zero-order valence-electron chi connectivity index (χ0n) is 29.5. The summed E-state index contributed by atoms with van der Waals surface area (Å²) < 4.78 is 25.2. The predicted octanol–water partition coefficient (Wildman–Crippen LogP) is 4.44. The normalized spacial score (nSPS) is 19.3. The van der Waals surface area contributed by atoms with Crippen LogP contribution >= 0.6 is 0 Å². The number of anilines is 3. The maximum atomic E-state index is 15.7. The van der Waals surface area contributed by atoms with Crippen molar-refractivity contribution in [3.05, 3.63) is 52.6 Å². The molecule has 0 unspecified atom stereocenters. The van der Waals surface area contributed by atoms with Crippen molar-refractivity contribution in [2.45, 2.75) is 44.6 Å². The summed E-state index contributed by atoms with van der Waals surface area (Å²) in [6, 6.07) is 6.22. The number of urea groups is 1. The van der Waals surface area contributed by atoms with Gasteiger partial charge >= 0.3 is 11.7 Å². The summed E-state index contributed by atoms with van der Waals surface area (Å²) in [6.07, 6.45) is 8.70. The molecule has 0 bridgehead atoms. The molecule has 4 aromatic rings. The van der Waals surface area contributed by atoms with E-state index in [0.717, 1.165) is 81.6 Å². The van der Waals surface area contributed by atoms with Crippen LogP contribution in [0.25, 0.3) is 22.0 Å². The molecule has 52 heavy (non-hydrogen) atoms. The van der Waals surface area contributed by atoms with E-state index in [9.17, 15) is 19.7 Å². The molecule has 1 N–H and O–H groups in total. The number of halogens is 1. The topological polar surface area (TPSA) is 147 Å². The molecule has 0 spiro atoms. The van der Waals surface area contributed by atoms with Crippen molar-refractivity contribution in [2.75, 3.05) is 67.1 Å². The molecule has 16 heteroatoms. The molecule has 1 saturated carbocycles. The quantitative estimate of drug-likeness (QED) is 0.195. The van der Waals surface area contributed by atoms with Crippen molar-refractivity contribution in [1.82, 2.24) is 29.8 Å². The van der Waals surface area contributed by atoms with Crippen molar-refractivity contribution >= 4 is 45.7 Å². The van der Waals surface area contributed by atoms with Crippen molar-refractivity contribution in [1.29, 1.82) is 0 Å². The van der Waals surface area contributed by atoms with E-state index in [1.165, 1.54) is 11.0 Å². The number of nitro benzene ring substituents is 1. The fraction of sp³-hybridized carbons (Fsp3) is 0.500. The van der Waals surface area contributed by atoms with E-state index < -0.39 is 6.03 Å². The van der Waals surface area contributed by atoms with Crippen LogP contribution in [-0.4, -0.2) is 99.8 Å². The molecule has 4 aliphatic rings. The number of aryl methyl sites for hydroxylation is 2. The third-order valence-corrected chi connectivity index (χ3v) is 11.0. The minimum Gasteiger partial charge on any atom is -0.483 e. The molecule has 5 heterocycles. The fourth-order valence-electron chi connectivity index (χ4n) is 7.86. The highest BCUT2D eigenvalue weighted by atomic mass is 19.1. The Balaban J connectivity index is 0.914. The van der Waals surface area contributed by atoms with E-state index in [1.54, 1.807) is 34.7 Å². The summed E-state index contributed by atoms with van der Waals surface area (Å²) in [5.41, 5.74) is 3.78. The lowest BCUT2D eigenvalue weighted by Gasteiger charge is -2.40. The number of hydrogen-bond acceptors (Lipinski definition) is 10. The Morgan fingerprint density at radius 1 is 0.962 bits per heavy atom. The molecule has 2 aromatic heterocycles. The number of rotatable bonds is 9. The largest absolute Gasteiger partial charge is 0.483 e. The fourth-order valence-corrected chi connectivity index (χ4v) is 7.86. The van der Waals surface area contributed by atoms with Gasteiger partial charge in [-0.3, -0.25) is 39.4 Å². The second-order valence-electron chi connectivity index (χ2n) is 14.4. The van der Waals surface area contributed by atoms with Crippen LogP contribution in [0.5, 0.6) is 5.75 Å². The number of carbonyl (C=O) groups excluding carboxylic acids is 2. The summed E-state index contributed by atoms with van der Waals surface area (Å²) in [5.74, 6) is 0.475. The lowest BCUT2D eigenvalue weighted by molar-refractivity contribution is -0.386. The number of aromatic nitrogens is 4. The van der Waals surface area contributed by atoms with Gasteiger partial charge in [-0.2, -0.15) is 10.2 Å². The molecule has 3 aliphatic heterocycles. The Labute approximate surface area is 300 Å². The Morgan fingerprint density at radius 3 is 2.37 bits per heavy atom. The summed E-state index contributed by atoms with van der Waals surface area (Å²) in [6.45, 7) is 5.80. The molecule has 4 fully saturated rings. The molecule has 2 aromatic carbocycles. The van der Waals surface area contributed by atoms with Gasteiger partial charge in [-0.15, -0.1) is 0 Å². The zero-order chi connectivity index (χ0) is 36.1. The van der Waals surface area contributed by atoms with Crippen LogP contribution in [0.15, 0.2) is 36.7 Å². The number of piperidine rings is 1. The molecule has 274 valence electrons. The van der Waals surface area contributed by atoms with Crippen LogP contribution in [0.4, 0.5) is 32.1 Å². The van der Waals surface area contributed by atoms with E-state index in [4.69, 9.17) is 4.74 Å². The van der Waals surface area contributed by atoms with E-state index in [0.29, 0.717) is 47.2 Å². The number of ether oxygens (including phenoxy) is 1. The Morgan fingerprint density at radius 2 is 1.71 bits per heavy atom. The molecule has 3 saturated heterocycles. The standard InChI is InChI=1S/C36H43FN10O5/c1-41-22-24(20-38-41)26-17-32(47(50)51)33(52-25-4-3-5-25)19-30(26)44-9-6-23(7-10-44)21-43-12-14-45(15-13-43)31-18-29-27(16-28(31)37)35(40-42(29)2)46-11-8-34(48)39-36(46)49/h16-20,22-23,25H,3-15,21H2,1-2H3,(H,39,48,49). The first-order chi connectivity index (χ1) is 25.1. The van der Waals surface area contributed by atoms with Crippen LogP contribution < -0.4 is 24.8 Å². The van der Waals surface area contributed by atoms with Gasteiger partial charge in [-0.1, -0.05) is 0 Å². The molecular formula is C36H43FN10O5. The number of carbonyl (C=O) groups is 2. The van der Waals surface area contributed by atoms with Crippen molar-refractivity contribution < 1.29 is 23.6 Å². The van der Waals surface area contributed by atoms with Crippen LogP contribution in [0.1, 0.15) is 38.5 Å². The molecule has 0 atom stereocenters. The average Bonchev–Trinajstić information content (AvgIpc) is 3.68. The van der Waals surface area contributed by atoms with Gasteiger partial charge in [0.2, 0.25) is 5.91 Å². The summed E-state index contributed by atoms with van der Waals surface area (Å²) in [7, 11) is 3.61. The van der Waals surface area contributed by atoms with E-state index >= 15 is 4.39 Å². The van der Waals surface area contributed by atoms with Crippen molar-refractivity contribution in [3.8, 4) is 16.9 Å². The first-order valence-electron chi connectivity index (χ1n) is 18.1. The monoisotopic (exact) mass is 714 g/mol. The van der Waals surface area contributed by atoms with E-state index in [2.05, 4.69) is 30.2 Å². The van der Waals surface area contributed by atoms with Gasteiger partial charge in [-0.05, 0) is 50.2 Å². The first-order valence-corrected chi connectivity index (χ1v) is 18.1. The number of imide groups is 1. The van der Waals surface area contributed by atoms with Gasteiger partial charge in [0, 0.05) is 113 Å². The summed E-state index contributed by atoms with van der Waals surface area (Å²) >= 11 is 0. The Kier molecular flexibility index (Phi) is 8.93. The van der Waals surface area contributed by atoms with Gasteiger partial charge in [0.1, 0.15) is 5.82 Å². The van der Waals surface area contributed by atoms with Crippen molar-refractivity contribution in [2.24, 2.45) is 20.0 Å². The maximum Gasteiger partial charge on any atom is 0.329 e. The van der Waals surface area contributed by atoms with Crippen LogP contribution in [-0.2, 0) is 18.9 Å². The molecule has 1 aliphatic carbocycles. The number of nitro groups is 1. The lowest BCUT2D eigenvalue weighted by atomic mass is 9.94. The highest BCUT2D eigenvalue weighted by Gasteiger charge is 2.32. The number of benzene rings is 2. The van der Waals surface area contributed by atoms with Crippen LogP contribution in [0.2, 0.25) is 0 Å². The third-order valence-electron chi connectivity index (χ3n) is 11.0. The number of amides is 3. The van der Waals surface area contributed by atoms with Crippen molar-refractivity contribution in [3.63, 3.8) is 0 Å². The van der Waals surface area contributed by atoms with Gasteiger partial charge in [-0.25, -0.2) is 9.18 Å². The van der Waals surface area contributed by atoms with E-state index in [-0.39, 0.29) is 41.4 Å². The minimum atomic E-state index is -0.550. The zero-order valence-corrected chi connectivity index (χ0v) is 29.5. The molecule has 15 nitrogen and oxygen atoms in total. The van der Waals surface area contributed by atoms with Crippen LogP contribution in [0.3, 0.4) is 0 Å². The smallest absolute Gasteiger partial charge is 0.329 e. The highest BCUT2D eigenvalue weighted by molar-refractivity contribution is 6.09. The first kappa shape index (κ1) is 33.9. The third kappa shape index (κ3) is 6.50. The SMILES string of the molecule is Cn1cc(-c2cc([N+](=O)[O-])c(OC3CCC3)cc2N2CCC(CN3CCN(c4cc5c(cc4F)c(N4CCC(=O)NC4=O)nn5C)CC3)CC2)cn1. The van der Waals surface area contributed by atoms with Crippen LogP contribution in [0, 0.1) is 21.8 Å². The molecule has 0 radical (unpaired) electrons. The van der Waals surface area contributed by atoms with E-state index in [1.807, 2.05) is 19.3 Å². The highest BCUT2D eigenvalue weighted by Crippen LogP contribution is 2.43. The number of fused-ring (bicyclic) bond motifs is 1. The van der Waals surface area contributed by atoms with Gasteiger partial charge in [0.15, 0.2) is 11.6 Å². The predicted molar refractivity (Wildman–Crippen MR) is 193 cm³/mol. The second-order valence-corrected chi connectivity index (χ2v) is 14.4. The summed E-state index contributed by atoms with van der Waals surface area (Å²) in [4.78, 5) is 44.1. The Hall–Kier alpha value is -5.25. The van der Waals surface area contributed by atoms with Gasteiger partial charge < -0.3 is 14.5 Å². The van der Waals surface area contributed by atoms with Gasteiger partial charge in [0.25, 0.3) is 0 Å². The lowest BCUT2D eigenvalue weighted by Crippen LogP contribution is -2.49. The second kappa shape index (κ2) is 13.7. The number of piperazine rings is 1. The van der Waals surface area contributed by atoms with Gasteiger partial charge in [0.05, 0.1) is 28.4 Å². The number of nitrogens with one attached hydrogen (secondary N) is 1. The maximum absolute atomic E-state index is 15.7. The number of nitrogens with zero attached hydrogens (tertiary/aromatic N) is 9. The minimum absolute atomic E-state index is 0.0152. The molecular weight excluding hydrogens is 671 g/mol. The average molecular weight is 715 g/mol. The molecule has 8 rings (SSSR count). The molecule has 3 amide bonds. The Bertz CT molecular complexity index is 2030.